The van der Waals surface area contributed by atoms with Crippen LogP contribution in [0.25, 0.3) is 0 Å². The van der Waals surface area contributed by atoms with Gasteiger partial charge in [-0.15, -0.1) is 0 Å². The highest BCUT2D eigenvalue weighted by Gasteiger charge is 2.11. The van der Waals surface area contributed by atoms with Gasteiger partial charge in [0.25, 0.3) is 0 Å². The number of hydrogen-bond acceptors (Lipinski definition) is 2. The Balaban J connectivity index is 2.17. The number of piperazine rings is 1. The van der Waals surface area contributed by atoms with Gasteiger partial charge < -0.3 is 4.90 Å². The maximum atomic E-state index is 11.6. The van der Waals surface area contributed by atoms with Crippen molar-refractivity contribution in [2.24, 2.45) is 0 Å². The molecule has 1 aliphatic rings. The highest BCUT2D eigenvalue weighted by atomic mass is 19.1. The van der Waals surface area contributed by atoms with Crippen LogP contribution in [0.3, 0.4) is 0 Å². The lowest BCUT2D eigenvalue weighted by Crippen LogP contribution is -2.44. The van der Waals surface area contributed by atoms with Crippen molar-refractivity contribution < 1.29 is 4.39 Å². The van der Waals surface area contributed by atoms with Crippen LogP contribution in [-0.2, 0) is 0 Å². The topological polar surface area (TPSA) is 6.48 Å². The standard InChI is InChI=1S/C8H15FN2/c1-10-5-7-11(8-6-10)4-2-3-9/h2-3H,4-8H2,1H3/b3-2+. The predicted octanol–water partition coefficient (Wildman–Crippen LogP) is 0.717. The number of halogens is 1. The Kier molecular flexibility index (Phi) is 3.52. The summed E-state index contributed by atoms with van der Waals surface area (Å²) < 4.78 is 11.6. The molecule has 1 rings (SSSR count). The van der Waals surface area contributed by atoms with E-state index in [0.717, 1.165) is 32.7 Å². The van der Waals surface area contributed by atoms with Crippen LogP contribution in [-0.4, -0.2) is 49.6 Å². The van der Waals surface area contributed by atoms with Gasteiger partial charge in [0, 0.05) is 32.7 Å². The Bertz CT molecular complexity index is 128. The van der Waals surface area contributed by atoms with Crippen molar-refractivity contribution >= 4 is 0 Å². The summed E-state index contributed by atoms with van der Waals surface area (Å²) in [4.78, 5) is 4.53. The van der Waals surface area contributed by atoms with Crippen LogP contribution in [0.15, 0.2) is 12.4 Å². The van der Waals surface area contributed by atoms with Gasteiger partial charge >= 0.3 is 0 Å². The highest BCUT2D eigenvalue weighted by molar-refractivity contribution is 4.80. The number of nitrogens with zero attached hydrogens (tertiary/aromatic N) is 2. The van der Waals surface area contributed by atoms with Crippen LogP contribution in [0.2, 0.25) is 0 Å². The SMILES string of the molecule is CN1CCN(C/C=C/F)CC1. The number of rotatable bonds is 2. The zero-order chi connectivity index (χ0) is 8.10. The lowest BCUT2D eigenvalue weighted by Gasteiger charge is -2.31. The molecule has 0 N–H and O–H groups in total. The molecule has 1 fully saturated rings. The second kappa shape index (κ2) is 4.46. The monoisotopic (exact) mass is 158 g/mol. The fourth-order valence-electron chi connectivity index (χ4n) is 1.22. The average Bonchev–Trinajstić information content (AvgIpc) is 2.04. The summed E-state index contributed by atoms with van der Waals surface area (Å²) in [5.74, 6) is 0. The van der Waals surface area contributed by atoms with E-state index in [1.165, 1.54) is 0 Å². The van der Waals surface area contributed by atoms with E-state index < -0.39 is 0 Å². The Morgan fingerprint density at radius 1 is 1.27 bits per heavy atom. The van der Waals surface area contributed by atoms with Crippen LogP contribution in [0.4, 0.5) is 4.39 Å². The van der Waals surface area contributed by atoms with Crippen LogP contribution >= 0.6 is 0 Å². The molecule has 0 amide bonds. The van der Waals surface area contributed by atoms with Gasteiger partial charge in [-0.2, -0.15) is 0 Å². The minimum Gasteiger partial charge on any atom is -0.304 e. The summed E-state index contributed by atoms with van der Waals surface area (Å²) in [6.45, 7) is 5.06. The molecular formula is C8H15FN2. The molecule has 0 bridgehead atoms. The summed E-state index contributed by atoms with van der Waals surface area (Å²) in [5.41, 5.74) is 0. The summed E-state index contributed by atoms with van der Waals surface area (Å²) in [6.07, 6.45) is 2.18. The van der Waals surface area contributed by atoms with Crippen molar-refractivity contribution in [2.45, 2.75) is 0 Å². The summed E-state index contributed by atoms with van der Waals surface area (Å²) in [6, 6.07) is 0. The number of likely N-dealkylation sites (N-methyl/N-ethyl adjacent to an activating group) is 1. The third kappa shape index (κ3) is 2.99. The molecule has 0 atom stereocenters. The zero-order valence-electron chi connectivity index (χ0n) is 6.96. The lowest BCUT2D eigenvalue weighted by molar-refractivity contribution is 0.166. The minimum absolute atomic E-state index is 0.623. The van der Waals surface area contributed by atoms with Crippen LogP contribution < -0.4 is 0 Å². The third-order valence-corrected chi connectivity index (χ3v) is 2.05. The first kappa shape index (κ1) is 8.68. The van der Waals surface area contributed by atoms with E-state index in [1.54, 1.807) is 6.08 Å². The van der Waals surface area contributed by atoms with E-state index in [1.807, 2.05) is 0 Å². The van der Waals surface area contributed by atoms with Gasteiger partial charge in [0.1, 0.15) is 0 Å². The molecule has 0 aromatic carbocycles. The molecule has 0 radical (unpaired) electrons. The van der Waals surface area contributed by atoms with E-state index in [0.29, 0.717) is 6.33 Å². The van der Waals surface area contributed by atoms with Crippen molar-refractivity contribution in [3.05, 3.63) is 12.4 Å². The average molecular weight is 158 g/mol. The molecule has 1 heterocycles. The maximum absolute atomic E-state index is 11.6. The van der Waals surface area contributed by atoms with Gasteiger partial charge in [-0.05, 0) is 13.1 Å². The van der Waals surface area contributed by atoms with E-state index in [4.69, 9.17) is 0 Å². The number of hydrogen-bond donors (Lipinski definition) is 0. The minimum atomic E-state index is 0.623. The molecule has 0 saturated carbocycles. The fourth-order valence-corrected chi connectivity index (χ4v) is 1.22. The van der Waals surface area contributed by atoms with Crippen LogP contribution in [0, 0.1) is 0 Å². The largest absolute Gasteiger partial charge is 0.304 e. The van der Waals surface area contributed by atoms with Gasteiger partial charge in [-0.25, -0.2) is 4.39 Å². The lowest BCUT2D eigenvalue weighted by atomic mass is 10.3. The Morgan fingerprint density at radius 2 is 1.91 bits per heavy atom. The molecular weight excluding hydrogens is 143 g/mol. The van der Waals surface area contributed by atoms with E-state index in [9.17, 15) is 4.39 Å². The van der Waals surface area contributed by atoms with Gasteiger partial charge in [-0.1, -0.05) is 0 Å². The highest BCUT2D eigenvalue weighted by Crippen LogP contribution is 1.98. The smallest absolute Gasteiger partial charge is 0.0839 e. The van der Waals surface area contributed by atoms with Crippen molar-refractivity contribution in [1.29, 1.82) is 0 Å². The van der Waals surface area contributed by atoms with Gasteiger partial charge in [-0.3, -0.25) is 4.90 Å². The molecule has 64 valence electrons. The Hall–Kier alpha value is -0.410. The molecule has 0 aromatic rings. The van der Waals surface area contributed by atoms with Crippen molar-refractivity contribution in [1.82, 2.24) is 9.80 Å². The first-order valence-electron chi connectivity index (χ1n) is 3.99. The normalized spacial score (nSPS) is 23.1. The molecule has 0 spiro atoms. The molecule has 1 aliphatic heterocycles. The predicted molar refractivity (Wildman–Crippen MR) is 44.2 cm³/mol. The van der Waals surface area contributed by atoms with Crippen molar-refractivity contribution in [2.75, 3.05) is 39.8 Å². The molecule has 1 saturated heterocycles. The zero-order valence-corrected chi connectivity index (χ0v) is 6.96. The van der Waals surface area contributed by atoms with Crippen molar-refractivity contribution in [3.8, 4) is 0 Å². The molecule has 0 aromatic heterocycles. The maximum Gasteiger partial charge on any atom is 0.0839 e. The second-order valence-electron chi connectivity index (χ2n) is 2.97. The molecule has 0 unspecified atom stereocenters. The summed E-state index contributed by atoms with van der Waals surface area (Å²) in [7, 11) is 2.11. The fraction of sp³-hybridized carbons (Fsp3) is 0.750. The van der Waals surface area contributed by atoms with E-state index in [-0.39, 0.29) is 0 Å². The quantitative estimate of drug-likeness (QED) is 0.584. The van der Waals surface area contributed by atoms with Crippen LogP contribution in [0.5, 0.6) is 0 Å². The molecule has 2 nitrogen and oxygen atoms in total. The first-order valence-corrected chi connectivity index (χ1v) is 3.99. The van der Waals surface area contributed by atoms with E-state index >= 15 is 0 Å². The van der Waals surface area contributed by atoms with Gasteiger partial charge in [0.2, 0.25) is 0 Å². The molecule has 3 heteroatoms. The summed E-state index contributed by atoms with van der Waals surface area (Å²) >= 11 is 0. The third-order valence-electron chi connectivity index (χ3n) is 2.05. The van der Waals surface area contributed by atoms with Gasteiger partial charge in [0.15, 0.2) is 0 Å². The van der Waals surface area contributed by atoms with Crippen molar-refractivity contribution in [3.63, 3.8) is 0 Å². The Morgan fingerprint density at radius 3 is 2.45 bits per heavy atom. The van der Waals surface area contributed by atoms with Crippen LogP contribution in [0.1, 0.15) is 0 Å². The van der Waals surface area contributed by atoms with Gasteiger partial charge in [0.05, 0.1) is 6.33 Å². The van der Waals surface area contributed by atoms with E-state index in [2.05, 4.69) is 16.8 Å². The molecule has 11 heavy (non-hydrogen) atoms. The Labute approximate surface area is 67.3 Å². The first-order chi connectivity index (χ1) is 5.33. The molecule has 0 aliphatic carbocycles. The second-order valence-corrected chi connectivity index (χ2v) is 2.97. The summed E-state index contributed by atoms with van der Waals surface area (Å²) in [5, 5.41) is 0.